The van der Waals surface area contributed by atoms with Gasteiger partial charge in [0.25, 0.3) is 0 Å². The molecule has 0 nitrogen and oxygen atoms in total. The summed E-state index contributed by atoms with van der Waals surface area (Å²) in [5.41, 5.74) is -0.916. The van der Waals surface area contributed by atoms with Gasteiger partial charge in [0.15, 0.2) is 0 Å². The van der Waals surface area contributed by atoms with Gasteiger partial charge >= 0.3 is 6.18 Å². The Labute approximate surface area is 130 Å². The maximum atomic E-state index is 13.2. The Hall–Kier alpha value is -1.14. The van der Waals surface area contributed by atoms with Gasteiger partial charge in [0.05, 0.1) is 15.4 Å². The van der Waals surface area contributed by atoms with Gasteiger partial charge in [-0.2, -0.15) is 13.2 Å². The number of hydrogen-bond acceptors (Lipinski definition) is 0. The number of benzene rings is 2. The van der Waals surface area contributed by atoms with Gasteiger partial charge in [-0.25, -0.2) is 8.78 Å². The van der Waals surface area contributed by atoms with Crippen LogP contribution in [0.4, 0.5) is 22.0 Å². The first-order valence-corrected chi connectivity index (χ1v) is 6.88. The maximum absolute atomic E-state index is 13.2. The zero-order chi connectivity index (χ0) is 15.8. The molecule has 112 valence electrons. The van der Waals surface area contributed by atoms with Crippen molar-refractivity contribution >= 4 is 27.5 Å². The molecule has 1 atom stereocenters. The lowest BCUT2D eigenvalue weighted by Crippen LogP contribution is -2.09. The van der Waals surface area contributed by atoms with Crippen molar-refractivity contribution in [3.05, 3.63) is 69.2 Å². The van der Waals surface area contributed by atoms with Gasteiger partial charge in [-0.1, -0.05) is 12.1 Å². The van der Waals surface area contributed by atoms with Crippen LogP contribution in [0, 0.1) is 11.6 Å². The molecule has 0 saturated heterocycles. The number of rotatable bonds is 2. The standard InChI is InChI=1S/C14H7BrClF5/c15-10-6-8(2-4-12(10)18)13(16)7-1-3-11(17)9(5-7)14(19,20)21/h1-6,13H. The lowest BCUT2D eigenvalue weighted by atomic mass is 10.0. The third kappa shape index (κ3) is 3.55. The molecule has 2 aromatic carbocycles. The molecular formula is C14H7BrClF5. The predicted molar refractivity (Wildman–Crippen MR) is 73.2 cm³/mol. The third-order valence-electron chi connectivity index (χ3n) is 2.82. The minimum atomic E-state index is -4.81. The van der Waals surface area contributed by atoms with Crippen LogP contribution in [0.5, 0.6) is 0 Å². The van der Waals surface area contributed by atoms with Crippen LogP contribution in [-0.4, -0.2) is 0 Å². The summed E-state index contributed by atoms with van der Waals surface area (Å²) in [6.07, 6.45) is -4.81. The van der Waals surface area contributed by atoms with E-state index in [1.54, 1.807) is 0 Å². The molecular weight excluding hydrogens is 379 g/mol. The largest absolute Gasteiger partial charge is 0.419 e. The summed E-state index contributed by atoms with van der Waals surface area (Å²) in [4.78, 5) is 0. The van der Waals surface area contributed by atoms with Gasteiger partial charge in [-0.15, -0.1) is 11.6 Å². The molecule has 0 radical (unpaired) electrons. The molecule has 2 aromatic rings. The molecule has 0 heterocycles. The SMILES string of the molecule is Fc1ccc(C(Cl)c2ccc(F)c(C(F)(F)F)c2)cc1Br. The van der Waals surface area contributed by atoms with E-state index in [4.69, 9.17) is 11.6 Å². The van der Waals surface area contributed by atoms with Crippen LogP contribution in [0.25, 0.3) is 0 Å². The molecule has 0 aromatic heterocycles. The summed E-state index contributed by atoms with van der Waals surface area (Å²) in [6.45, 7) is 0. The van der Waals surface area contributed by atoms with E-state index < -0.39 is 28.8 Å². The van der Waals surface area contributed by atoms with E-state index >= 15 is 0 Å². The molecule has 0 spiro atoms. The van der Waals surface area contributed by atoms with Crippen molar-refractivity contribution in [3.8, 4) is 0 Å². The highest BCUT2D eigenvalue weighted by atomic mass is 79.9. The fraction of sp³-hybridized carbons (Fsp3) is 0.143. The minimum Gasteiger partial charge on any atom is -0.206 e. The van der Waals surface area contributed by atoms with E-state index in [0.29, 0.717) is 17.7 Å². The molecule has 0 aliphatic rings. The third-order valence-corrected chi connectivity index (χ3v) is 3.94. The zero-order valence-corrected chi connectivity index (χ0v) is 12.5. The Kier molecular flexibility index (Phi) is 4.58. The van der Waals surface area contributed by atoms with Crippen molar-refractivity contribution in [2.45, 2.75) is 11.6 Å². The Morgan fingerprint density at radius 3 is 1.95 bits per heavy atom. The highest BCUT2D eigenvalue weighted by molar-refractivity contribution is 9.10. The molecule has 2 rings (SSSR count). The monoisotopic (exact) mass is 384 g/mol. The van der Waals surface area contributed by atoms with E-state index in [2.05, 4.69) is 15.9 Å². The van der Waals surface area contributed by atoms with Crippen molar-refractivity contribution in [3.63, 3.8) is 0 Å². The quantitative estimate of drug-likeness (QED) is 0.434. The van der Waals surface area contributed by atoms with Gasteiger partial charge in [-0.05, 0) is 51.3 Å². The van der Waals surface area contributed by atoms with Crippen molar-refractivity contribution < 1.29 is 22.0 Å². The van der Waals surface area contributed by atoms with Crippen molar-refractivity contribution in [1.82, 2.24) is 0 Å². The molecule has 0 amide bonds. The second-order valence-corrected chi connectivity index (χ2v) is 5.56. The summed E-state index contributed by atoms with van der Waals surface area (Å²) >= 11 is 9.07. The van der Waals surface area contributed by atoms with Gasteiger partial charge in [0.2, 0.25) is 0 Å². The zero-order valence-electron chi connectivity index (χ0n) is 10.2. The molecule has 0 N–H and O–H groups in total. The molecule has 21 heavy (non-hydrogen) atoms. The van der Waals surface area contributed by atoms with E-state index in [1.807, 2.05) is 0 Å². The molecule has 7 heteroatoms. The predicted octanol–water partition coefficient (Wildman–Crippen LogP) is 6.07. The number of hydrogen-bond donors (Lipinski definition) is 0. The topological polar surface area (TPSA) is 0 Å². The average Bonchev–Trinajstić information content (AvgIpc) is 2.40. The summed E-state index contributed by atoms with van der Waals surface area (Å²) in [6, 6.07) is 6.40. The van der Waals surface area contributed by atoms with Crippen LogP contribution in [0.15, 0.2) is 40.9 Å². The van der Waals surface area contributed by atoms with Crippen LogP contribution < -0.4 is 0 Å². The van der Waals surface area contributed by atoms with Gasteiger partial charge < -0.3 is 0 Å². The number of alkyl halides is 4. The molecule has 0 bridgehead atoms. The Morgan fingerprint density at radius 2 is 1.43 bits per heavy atom. The lowest BCUT2D eigenvalue weighted by Gasteiger charge is -2.14. The summed E-state index contributed by atoms with van der Waals surface area (Å²) in [5, 5.41) is -0.955. The fourth-order valence-electron chi connectivity index (χ4n) is 1.78. The second-order valence-electron chi connectivity index (χ2n) is 4.27. The maximum Gasteiger partial charge on any atom is 0.419 e. The Bertz CT molecular complexity index is 669. The normalized spacial score (nSPS) is 13.3. The first-order valence-electron chi connectivity index (χ1n) is 5.66. The van der Waals surface area contributed by atoms with Crippen LogP contribution >= 0.6 is 27.5 Å². The van der Waals surface area contributed by atoms with Crippen molar-refractivity contribution in [2.24, 2.45) is 0 Å². The van der Waals surface area contributed by atoms with Crippen LogP contribution in [0.1, 0.15) is 22.1 Å². The van der Waals surface area contributed by atoms with E-state index in [-0.39, 0.29) is 10.0 Å². The molecule has 0 saturated carbocycles. The fourth-order valence-corrected chi connectivity index (χ4v) is 2.45. The van der Waals surface area contributed by atoms with Crippen molar-refractivity contribution in [1.29, 1.82) is 0 Å². The molecule has 0 fully saturated rings. The molecule has 1 unspecified atom stereocenters. The highest BCUT2D eigenvalue weighted by Gasteiger charge is 2.34. The van der Waals surface area contributed by atoms with Crippen LogP contribution in [0.2, 0.25) is 0 Å². The Morgan fingerprint density at radius 1 is 0.905 bits per heavy atom. The van der Waals surface area contributed by atoms with E-state index in [9.17, 15) is 22.0 Å². The number of halogens is 7. The van der Waals surface area contributed by atoms with Crippen LogP contribution in [0.3, 0.4) is 0 Å². The van der Waals surface area contributed by atoms with Crippen molar-refractivity contribution in [2.75, 3.05) is 0 Å². The summed E-state index contributed by atoms with van der Waals surface area (Å²) < 4.78 is 64.5. The second kappa shape index (κ2) is 5.93. The average molecular weight is 386 g/mol. The minimum absolute atomic E-state index is 0.0731. The molecule has 0 aliphatic heterocycles. The molecule has 0 aliphatic carbocycles. The first kappa shape index (κ1) is 16.2. The highest BCUT2D eigenvalue weighted by Crippen LogP contribution is 2.36. The summed E-state index contributed by atoms with van der Waals surface area (Å²) in [7, 11) is 0. The van der Waals surface area contributed by atoms with Gasteiger partial charge in [0, 0.05) is 0 Å². The van der Waals surface area contributed by atoms with E-state index in [0.717, 1.165) is 6.07 Å². The van der Waals surface area contributed by atoms with Crippen LogP contribution in [-0.2, 0) is 6.18 Å². The van der Waals surface area contributed by atoms with Gasteiger partial charge in [-0.3, -0.25) is 0 Å². The first-order chi connectivity index (χ1) is 9.70. The Balaban J connectivity index is 2.44. The van der Waals surface area contributed by atoms with E-state index in [1.165, 1.54) is 18.2 Å². The lowest BCUT2D eigenvalue weighted by molar-refractivity contribution is -0.140. The smallest absolute Gasteiger partial charge is 0.206 e. The van der Waals surface area contributed by atoms with Gasteiger partial charge in [0.1, 0.15) is 11.6 Å². The summed E-state index contributed by atoms with van der Waals surface area (Å²) in [5.74, 6) is -1.88.